The van der Waals surface area contributed by atoms with Crippen LogP contribution in [0.25, 0.3) is 104 Å². The van der Waals surface area contributed by atoms with Gasteiger partial charge >= 0.3 is 0 Å². The van der Waals surface area contributed by atoms with Crippen LogP contribution >= 0.6 is 0 Å². The zero-order valence-electron chi connectivity index (χ0n) is 33.8. The van der Waals surface area contributed by atoms with Crippen molar-refractivity contribution in [2.45, 2.75) is 41.5 Å². The van der Waals surface area contributed by atoms with Crippen molar-refractivity contribution >= 4 is 65.3 Å². The highest BCUT2D eigenvalue weighted by molar-refractivity contribution is 6.23. The van der Waals surface area contributed by atoms with Gasteiger partial charge in [-0.2, -0.15) is 0 Å². The number of hydrogen-bond donors (Lipinski definition) is 0. The molecule has 0 amide bonds. The van der Waals surface area contributed by atoms with Crippen molar-refractivity contribution in [3.05, 3.63) is 185 Å². The molecule has 0 saturated carbocycles. The van der Waals surface area contributed by atoms with Gasteiger partial charge in [-0.3, -0.25) is 0 Å². The van der Waals surface area contributed by atoms with Gasteiger partial charge < -0.3 is 8.98 Å². The molecule has 11 rings (SSSR count). The molecule has 0 unspecified atom stereocenters. The summed E-state index contributed by atoms with van der Waals surface area (Å²) in [4.78, 5) is 0. The molecule has 58 heavy (non-hydrogen) atoms. The summed E-state index contributed by atoms with van der Waals surface area (Å²) in [5, 5.41) is 9.84. The molecule has 9 aromatic carbocycles. The molecule has 0 aliphatic rings. The number of hydrogen-bond acceptors (Lipinski definition) is 1. The molecule has 0 aliphatic heterocycles. The van der Waals surface area contributed by atoms with Crippen molar-refractivity contribution in [2.75, 3.05) is 0 Å². The van der Waals surface area contributed by atoms with Crippen LogP contribution < -0.4 is 0 Å². The molecule has 0 bridgehead atoms. The van der Waals surface area contributed by atoms with Crippen LogP contribution in [0, 0.1) is 41.5 Å². The highest BCUT2D eigenvalue weighted by Crippen LogP contribution is 2.48. The van der Waals surface area contributed by atoms with E-state index in [0.29, 0.717) is 0 Å². The molecular formula is C56H43NO. The lowest BCUT2D eigenvalue weighted by Crippen LogP contribution is -1.99. The largest absolute Gasteiger partial charge is 0.455 e. The van der Waals surface area contributed by atoms with Crippen molar-refractivity contribution in [1.82, 2.24) is 4.57 Å². The van der Waals surface area contributed by atoms with Crippen molar-refractivity contribution in [2.24, 2.45) is 0 Å². The number of fused-ring (bicyclic) bond motifs is 8. The summed E-state index contributed by atoms with van der Waals surface area (Å²) >= 11 is 0. The maximum Gasteiger partial charge on any atom is 0.143 e. The molecule has 11 aromatic rings. The first-order valence-corrected chi connectivity index (χ1v) is 20.3. The van der Waals surface area contributed by atoms with E-state index in [9.17, 15) is 0 Å². The van der Waals surface area contributed by atoms with E-state index in [-0.39, 0.29) is 0 Å². The first-order valence-electron chi connectivity index (χ1n) is 20.3. The summed E-state index contributed by atoms with van der Waals surface area (Å²) < 4.78 is 8.98. The van der Waals surface area contributed by atoms with Crippen LogP contribution in [0.2, 0.25) is 0 Å². The van der Waals surface area contributed by atoms with Crippen LogP contribution in [0.4, 0.5) is 0 Å². The van der Waals surface area contributed by atoms with E-state index in [2.05, 4.69) is 192 Å². The molecule has 0 spiro atoms. The summed E-state index contributed by atoms with van der Waals surface area (Å²) in [6.45, 7) is 13.5. The van der Waals surface area contributed by atoms with Gasteiger partial charge in [0.2, 0.25) is 0 Å². The third-order valence-electron chi connectivity index (χ3n) is 12.5. The highest BCUT2D eigenvalue weighted by atomic mass is 16.3. The Bertz CT molecular complexity index is 3470. The maximum absolute atomic E-state index is 6.51. The molecular weight excluding hydrogens is 703 g/mol. The summed E-state index contributed by atoms with van der Waals surface area (Å²) in [6.07, 6.45) is 0. The SMILES string of the molecule is Cc1cc(C)c(-c2c3ccccc3c(-c3c(C)cc(C)cc3C)c3cc(-n4c5ccccc5c5cc(-c6cccc7c6oc6ccccc67)ccc54)ccc23)c(C)c1. The highest BCUT2D eigenvalue weighted by Gasteiger charge is 2.23. The average Bonchev–Trinajstić information content (AvgIpc) is 3.76. The first kappa shape index (κ1) is 34.4. The normalized spacial score (nSPS) is 12.0. The Balaban J connectivity index is 1.22. The predicted octanol–water partition coefficient (Wildman–Crippen LogP) is 15.8. The summed E-state index contributed by atoms with van der Waals surface area (Å²) in [6, 6.07) is 56.2. The summed E-state index contributed by atoms with van der Waals surface area (Å²) in [5.74, 6) is 0. The lowest BCUT2D eigenvalue weighted by molar-refractivity contribution is 0.670. The smallest absolute Gasteiger partial charge is 0.143 e. The molecule has 2 aromatic heterocycles. The lowest BCUT2D eigenvalue weighted by atomic mass is 9.81. The van der Waals surface area contributed by atoms with E-state index in [1.54, 1.807) is 0 Å². The molecule has 0 fully saturated rings. The minimum absolute atomic E-state index is 0.915. The quantitative estimate of drug-likeness (QED) is 0.164. The van der Waals surface area contributed by atoms with E-state index in [4.69, 9.17) is 4.42 Å². The van der Waals surface area contributed by atoms with Crippen molar-refractivity contribution in [3.8, 4) is 39.1 Å². The molecule has 278 valence electrons. The number of aryl methyl sites for hydroxylation is 6. The monoisotopic (exact) mass is 745 g/mol. The Morgan fingerprint density at radius 3 is 1.57 bits per heavy atom. The van der Waals surface area contributed by atoms with Gasteiger partial charge in [-0.05, 0) is 150 Å². The van der Waals surface area contributed by atoms with Gasteiger partial charge in [0.25, 0.3) is 0 Å². The van der Waals surface area contributed by atoms with Crippen molar-refractivity contribution < 1.29 is 4.42 Å². The zero-order chi connectivity index (χ0) is 39.4. The predicted molar refractivity (Wildman–Crippen MR) is 248 cm³/mol. The molecule has 2 heteroatoms. The van der Waals surface area contributed by atoms with Gasteiger partial charge in [-0.25, -0.2) is 0 Å². The van der Waals surface area contributed by atoms with Crippen LogP contribution in [-0.2, 0) is 0 Å². The topological polar surface area (TPSA) is 18.1 Å². The number of rotatable bonds is 4. The van der Waals surface area contributed by atoms with Gasteiger partial charge in [0.05, 0.1) is 11.0 Å². The lowest BCUT2D eigenvalue weighted by Gasteiger charge is -2.23. The van der Waals surface area contributed by atoms with Crippen LogP contribution in [0.1, 0.15) is 33.4 Å². The Hall–Kier alpha value is -6.90. The van der Waals surface area contributed by atoms with Crippen LogP contribution in [0.5, 0.6) is 0 Å². The van der Waals surface area contributed by atoms with Crippen molar-refractivity contribution in [1.29, 1.82) is 0 Å². The van der Waals surface area contributed by atoms with E-state index in [1.807, 2.05) is 6.07 Å². The molecule has 0 saturated heterocycles. The van der Waals surface area contributed by atoms with E-state index < -0.39 is 0 Å². The van der Waals surface area contributed by atoms with Gasteiger partial charge in [0.15, 0.2) is 0 Å². The van der Waals surface area contributed by atoms with Gasteiger partial charge in [0.1, 0.15) is 11.2 Å². The van der Waals surface area contributed by atoms with Crippen molar-refractivity contribution in [3.63, 3.8) is 0 Å². The Labute approximate surface area is 338 Å². The van der Waals surface area contributed by atoms with Gasteiger partial charge in [-0.1, -0.05) is 126 Å². The number of para-hydroxylation sites is 3. The fourth-order valence-electron chi connectivity index (χ4n) is 10.4. The summed E-state index contributed by atoms with van der Waals surface area (Å²) in [5.41, 5.74) is 20.7. The molecule has 2 nitrogen and oxygen atoms in total. The summed E-state index contributed by atoms with van der Waals surface area (Å²) in [7, 11) is 0. The second-order valence-corrected chi connectivity index (χ2v) is 16.4. The van der Waals surface area contributed by atoms with E-state index in [0.717, 1.165) is 38.8 Å². The minimum atomic E-state index is 0.915. The third kappa shape index (κ3) is 5.04. The zero-order valence-corrected chi connectivity index (χ0v) is 33.8. The van der Waals surface area contributed by atoms with Crippen LogP contribution in [-0.4, -0.2) is 4.57 Å². The second kappa shape index (κ2) is 12.8. The fraction of sp³-hybridized carbons (Fsp3) is 0.107. The molecule has 2 heterocycles. The van der Waals surface area contributed by atoms with Crippen LogP contribution in [0.15, 0.2) is 156 Å². The molecule has 0 aliphatic carbocycles. The maximum atomic E-state index is 6.51. The molecule has 0 atom stereocenters. The number of aromatic nitrogens is 1. The average molecular weight is 746 g/mol. The Kier molecular flexibility index (Phi) is 7.59. The molecule has 0 radical (unpaired) electrons. The standard InChI is InChI=1S/C56H43NO/c1-32-26-34(3)52(35(4)27-32)54-43-16-7-8-17-44(43)55(53-36(5)28-33(2)29-37(53)6)48-31-39(23-24-45(48)54)57-49-20-11-9-14-41(49)47-30-38(22-25-50(47)57)40-18-13-19-46-42-15-10-12-21-51(42)58-56(40)46/h7-31H,1-6H3. The van der Waals surface area contributed by atoms with E-state index >= 15 is 0 Å². The number of benzene rings is 9. The Morgan fingerprint density at radius 1 is 0.362 bits per heavy atom. The van der Waals surface area contributed by atoms with Gasteiger partial charge in [-0.15, -0.1) is 0 Å². The van der Waals surface area contributed by atoms with Gasteiger partial charge in [0, 0.05) is 32.8 Å². The second-order valence-electron chi connectivity index (χ2n) is 16.4. The first-order chi connectivity index (χ1) is 28.2. The minimum Gasteiger partial charge on any atom is -0.455 e. The fourth-order valence-corrected chi connectivity index (χ4v) is 10.4. The van der Waals surface area contributed by atoms with E-state index in [1.165, 1.54) is 99.0 Å². The number of furan rings is 1. The Morgan fingerprint density at radius 2 is 0.897 bits per heavy atom. The molecule has 0 N–H and O–H groups in total. The van der Waals surface area contributed by atoms with Crippen LogP contribution in [0.3, 0.4) is 0 Å². The third-order valence-corrected chi connectivity index (χ3v) is 12.5. The number of nitrogens with zero attached hydrogens (tertiary/aromatic N) is 1.